The van der Waals surface area contributed by atoms with Gasteiger partial charge in [-0.15, -0.1) is 11.3 Å². The van der Waals surface area contributed by atoms with Crippen molar-refractivity contribution in [1.82, 2.24) is 14.5 Å². The molecule has 1 aliphatic rings. The topological polar surface area (TPSA) is 67.2 Å². The van der Waals surface area contributed by atoms with Crippen molar-refractivity contribution < 1.29 is 4.79 Å². The number of carbonyl (C=O) groups is 1. The second-order valence-electron chi connectivity index (χ2n) is 9.21. The molecule has 1 amide bonds. The first-order valence-electron chi connectivity index (χ1n) is 11.9. The van der Waals surface area contributed by atoms with Crippen molar-refractivity contribution in [3.63, 3.8) is 0 Å². The van der Waals surface area contributed by atoms with Crippen LogP contribution in [0.1, 0.15) is 29.9 Å². The van der Waals surface area contributed by atoms with Gasteiger partial charge < -0.3 is 5.32 Å². The van der Waals surface area contributed by atoms with E-state index in [4.69, 9.17) is 16.6 Å². The van der Waals surface area contributed by atoms with Gasteiger partial charge in [0.25, 0.3) is 5.56 Å². The molecule has 5 rings (SSSR count). The van der Waals surface area contributed by atoms with E-state index in [1.807, 2.05) is 31.2 Å². The zero-order valence-corrected chi connectivity index (χ0v) is 22.8. The van der Waals surface area contributed by atoms with E-state index < -0.39 is 0 Å². The minimum absolute atomic E-state index is 0.0695. The summed E-state index contributed by atoms with van der Waals surface area (Å²) in [5.41, 5.74) is 3.59. The molecule has 0 bridgehead atoms. The molecule has 2 aromatic carbocycles. The Bertz CT molecular complexity index is 1480. The molecule has 0 aliphatic carbocycles. The average Bonchev–Trinajstić information content (AvgIpc) is 3.23. The molecule has 0 saturated heterocycles. The molecule has 9 heteroatoms. The lowest BCUT2D eigenvalue weighted by atomic mass is 10.0. The molecule has 1 aliphatic heterocycles. The SMILES string of the molecule is Cc1ccc(-n2c(SCC(=O)Nc3ccc(Cl)cc3)nc3sc4c(c3c2=O)CCN(C(C)C)C4)cc1. The first kappa shape index (κ1) is 25.0. The number of rotatable bonds is 6. The van der Waals surface area contributed by atoms with Crippen molar-refractivity contribution in [2.24, 2.45) is 0 Å². The molecule has 0 radical (unpaired) electrons. The zero-order chi connectivity index (χ0) is 25.4. The summed E-state index contributed by atoms with van der Waals surface area (Å²) in [4.78, 5) is 35.9. The summed E-state index contributed by atoms with van der Waals surface area (Å²) < 4.78 is 1.66. The van der Waals surface area contributed by atoms with Crippen LogP contribution in [0.5, 0.6) is 0 Å². The lowest BCUT2D eigenvalue weighted by Gasteiger charge is -2.30. The van der Waals surface area contributed by atoms with Crippen molar-refractivity contribution in [3.8, 4) is 5.69 Å². The fraction of sp³-hybridized carbons (Fsp3) is 0.296. The molecular formula is C27H27ClN4O2S2. The number of amides is 1. The van der Waals surface area contributed by atoms with Gasteiger partial charge in [0.15, 0.2) is 5.16 Å². The lowest BCUT2D eigenvalue weighted by molar-refractivity contribution is -0.113. The summed E-state index contributed by atoms with van der Waals surface area (Å²) in [6.07, 6.45) is 0.842. The monoisotopic (exact) mass is 538 g/mol. The molecule has 0 fully saturated rings. The van der Waals surface area contributed by atoms with Gasteiger partial charge in [0, 0.05) is 34.7 Å². The maximum absolute atomic E-state index is 13.9. The number of aryl methyl sites for hydroxylation is 1. The molecular weight excluding hydrogens is 512 g/mol. The Morgan fingerprint density at radius 3 is 2.58 bits per heavy atom. The number of thiophene rings is 1. The highest BCUT2D eigenvalue weighted by atomic mass is 35.5. The van der Waals surface area contributed by atoms with Crippen LogP contribution >= 0.6 is 34.7 Å². The number of fused-ring (bicyclic) bond motifs is 3. The first-order chi connectivity index (χ1) is 17.3. The van der Waals surface area contributed by atoms with E-state index in [0.717, 1.165) is 41.2 Å². The van der Waals surface area contributed by atoms with E-state index in [0.29, 0.717) is 27.3 Å². The van der Waals surface area contributed by atoms with Crippen molar-refractivity contribution in [3.05, 3.63) is 79.9 Å². The largest absolute Gasteiger partial charge is 0.325 e. The van der Waals surface area contributed by atoms with Gasteiger partial charge in [-0.05, 0) is 69.2 Å². The molecule has 2 aromatic heterocycles. The first-order valence-corrected chi connectivity index (χ1v) is 14.0. The molecule has 186 valence electrons. The minimum Gasteiger partial charge on any atom is -0.325 e. The van der Waals surface area contributed by atoms with Crippen LogP contribution in [0, 0.1) is 6.92 Å². The fourth-order valence-electron chi connectivity index (χ4n) is 4.36. The number of hydrogen-bond donors (Lipinski definition) is 1. The van der Waals surface area contributed by atoms with E-state index in [-0.39, 0.29) is 17.2 Å². The Morgan fingerprint density at radius 2 is 1.89 bits per heavy atom. The Labute approximate surface area is 223 Å². The Kier molecular flexibility index (Phi) is 7.21. The van der Waals surface area contributed by atoms with Gasteiger partial charge in [-0.2, -0.15) is 0 Å². The molecule has 0 atom stereocenters. The van der Waals surface area contributed by atoms with Gasteiger partial charge in [0.2, 0.25) is 5.91 Å². The summed E-state index contributed by atoms with van der Waals surface area (Å²) in [6, 6.07) is 15.3. The van der Waals surface area contributed by atoms with Crippen LogP contribution in [-0.2, 0) is 17.8 Å². The number of anilines is 1. The molecule has 6 nitrogen and oxygen atoms in total. The van der Waals surface area contributed by atoms with Gasteiger partial charge in [-0.3, -0.25) is 19.1 Å². The molecule has 0 saturated carbocycles. The van der Waals surface area contributed by atoms with Gasteiger partial charge >= 0.3 is 0 Å². The Balaban J connectivity index is 1.51. The third-order valence-electron chi connectivity index (χ3n) is 6.36. The van der Waals surface area contributed by atoms with E-state index in [2.05, 4.69) is 24.1 Å². The number of carbonyl (C=O) groups excluding carboxylic acids is 1. The number of nitrogens with one attached hydrogen (secondary N) is 1. The summed E-state index contributed by atoms with van der Waals surface area (Å²) in [5.74, 6) is -0.0521. The average molecular weight is 539 g/mol. The van der Waals surface area contributed by atoms with Gasteiger partial charge in [-0.25, -0.2) is 4.98 Å². The number of nitrogens with zero attached hydrogens (tertiary/aromatic N) is 3. The fourth-order valence-corrected chi connectivity index (χ4v) is 6.59. The van der Waals surface area contributed by atoms with Crippen LogP contribution in [0.4, 0.5) is 5.69 Å². The maximum Gasteiger partial charge on any atom is 0.267 e. The molecule has 4 aromatic rings. The second kappa shape index (κ2) is 10.4. The van der Waals surface area contributed by atoms with Gasteiger partial charge in [0.05, 0.1) is 16.8 Å². The number of aromatic nitrogens is 2. The molecule has 1 N–H and O–H groups in total. The number of benzene rings is 2. The quantitative estimate of drug-likeness (QED) is 0.244. The van der Waals surface area contributed by atoms with Crippen LogP contribution in [0.2, 0.25) is 5.02 Å². The van der Waals surface area contributed by atoms with Gasteiger partial charge in [0.1, 0.15) is 4.83 Å². The van der Waals surface area contributed by atoms with Crippen LogP contribution < -0.4 is 10.9 Å². The third-order valence-corrected chi connectivity index (χ3v) is 8.66. The van der Waals surface area contributed by atoms with Crippen molar-refractivity contribution >= 4 is 56.5 Å². The predicted octanol–water partition coefficient (Wildman–Crippen LogP) is 5.91. The van der Waals surface area contributed by atoms with Crippen molar-refractivity contribution in [2.75, 3.05) is 17.6 Å². The smallest absolute Gasteiger partial charge is 0.267 e. The highest BCUT2D eigenvalue weighted by Crippen LogP contribution is 2.35. The van der Waals surface area contributed by atoms with E-state index in [9.17, 15) is 9.59 Å². The second-order valence-corrected chi connectivity index (χ2v) is 11.7. The number of thioether (sulfide) groups is 1. The minimum atomic E-state index is -0.176. The number of halogens is 1. The predicted molar refractivity (Wildman–Crippen MR) is 150 cm³/mol. The highest BCUT2D eigenvalue weighted by Gasteiger charge is 2.26. The summed E-state index contributed by atoms with van der Waals surface area (Å²) in [5, 5.41) is 4.72. The molecule has 0 spiro atoms. The van der Waals surface area contributed by atoms with Crippen LogP contribution in [0.25, 0.3) is 15.9 Å². The van der Waals surface area contributed by atoms with Crippen LogP contribution in [0.15, 0.2) is 58.5 Å². The standard InChI is InChI=1S/C27H27ClN4O2S2/c1-16(2)31-13-12-21-22(14-31)36-25-24(21)26(34)32(20-10-4-17(3)5-11-20)27(30-25)35-15-23(33)29-19-8-6-18(28)7-9-19/h4-11,16H,12-15H2,1-3H3,(H,29,33). The molecule has 3 heterocycles. The van der Waals surface area contributed by atoms with Crippen molar-refractivity contribution in [2.45, 2.75) is 44.9 Å². The van der Waals surface area contributed by atoms with Crippen LogP contribution in [0.3, 0.4) is 0 Å². The van der Waals surface area contributed by atoms with E-state index in [1.54, 1.807) is 40.2 Å². The van der Waals surface area contributed by atoms with E-state index in [1.165, 1.54) is 16.6 Å². The zero-order valence-electron chi connectivity index (χ0n) is 20.4. The lowest BCUT2D eigenvalue weighted by Crippen LogP contribution is -2.35. The highest BCUT2D eigenvalue weighted by molar-refractivity contribution is 7.99. The normalized spacial score (nSPS) is 13.8. The summed E-state index contributed by atoms with van der Waals surface area (Å²) in [6.45, 7) is 8.18. The summed E-state index contributed by atoms with van der Waals surface area (Å²) >= 11 is 8.81. The van der Waals surface area contributed by atoms with Crippen molar-refractivity contribution in [1.29, 1.82) is 0 Å². The Hall–Kier alpha value is -2.65. The molecule has 36 heavy (non-hydrogen) atoms. The van der Waals surface area contributed by atoms with E-state index >= 15 is 0 Å². The molecule has 0 unspecified atom stereocenters. The maximum atomic E-state index is 13.9. The number of hydrogen-bond acceptors (Lipinski definition) is 6. The van der Waals surface area contributed by atoms with Crippen LogP contribution in [-0.4, -0.2) is 38.7 Å². The van der Waals surface area contributed by atoms with Gasteiger partial charge in [-0.1, -0.05) is 41.1 Å². The Morgan fingerprint density at radius 1 is 1.17 bits per heavy atom. The third kappa shape index (κ3) is 5.09. The summed E-state index contributed by atoms with van der Waals surface area (Å²) in [7, 11) is 0.